The van der Waals surface area contributed by atoms with Crippen molar-refractivity contribution in [2.75, 3.05) is 10.6 Å². The molecule has 8 nitrogen and oxygen atoms in total. The molecule has 1 aromatic heterocycles. The maximum atomic E-state index is 12.2. The number of carboxylic acid groups (broad SMARTS) is 1. The largest absolute Gasteiger partial charge is 0.481 e. The van der Waals surface area contributed by atoms with Crippen LogP contribution >= 0.6 is 0 Å². The number of nitrogens with zero attached hydrogens (tertiary/aromatic N) is 2. The van der Waals surface area contributed by atoms with Crippen LogP contribution in [0.5, 0.6) is 6.01 Å². The van der Waals surface area contributed by atoms with Crippen LogP contribution < -0.4 is 15.4 Å². The van der Waals surface area contributed by atoms with Crippen LogP contribution in [0.1, 0.15) is 37.7 Å². The number of amides is 2. The Morgan fingerprint density at radius 1 is 0.882 bits per heavy atom. The van der Waals surface area contributed by atoms with Gasteiger partial charge in [0.2, 0.25) is 0 Å². The number of nitrogens with one attached hydrogen (secondary N) is 2. The lowest BCUT2D eigenvalue weighted by atomic mass is 9.85. The second kappa shape index (κ2) is 10.8. The average molecular weight is 461 g/mol. The predicted octanol–water partition coefficient (Wildman–Crippen LogP) is 5.51. The highest BCUT2D eigenvalue weighted by Crippen LogP contribution is 2.29. The van der Waals surface area contributed by atoms with Gasteiger partial charge in [-0.15, -0.1) is 0 Å². The predicted molar refractivity (Wildman–Crippen MR) is 130 cm³/mol. The molecule has 0 radical (unpaired) electrons. The number of anilines is 2. The summed E-state index contributed by atoms with van der Waals surface area (Å²) in [7, 11) is 0. The van der Waals surface area contributed by atoms with E-state index >= 15 is 0 Å². The summed E-state index contributed by atoms with van der Waals surface area (Å²) in [6, 6.07) is 15.1. The third-order valence-corrected chi connectivity index (χ3v) is 5.94. The summed E-state index contributed by atoms with van der Waals surface area (Å²) in [5.41, 5.74) is 4.30. The van der Waals surface area contributed by atoms with Gasteiger partial charge >= 0.3 is 18.0 Å². The number of hydrogen-bond donors (Lipinski definition) is 3. The van der Waals surface area contributed by atoms with E-state index in [1.165, 1.54) is 0 Å². The van der Waals surface area contributed by atoms with E-state index in [2.05, 4.69) is 20.6 Å². The third-order valence-electron chi connectivity index (χ3n) is 5.94. The SMILES string of the molecule is Cc1ccc(NC(=O)Nc2ccc(-c3cnc(OC4CCC(CC(=O)O)CC4)nc3)cc2)cc1. The van der Waals surface area contributed by atoms with Crippen LogP contribution in [0, 0.1) is 12.8 Å². The normalized spacial score (nSPS) is 17.6. The Hall–Kier alpha value is -3.94. The molecule has 1 aliphatic carbocycles. The Morgan fingerprint density at radius 2 is 1.44 bits per heavy atom. The van der Waals surface area contributed by atoms with Crippen molar-refractivity contribution in [1.29, 1.82) is 0 Å². The van der Waals surface area contributed by atoms with E-state index in [1.54, 1.807) is 12.4 Å². The minimum Gasteiger partial charge on any atom is -0.481 e. The van der Waals surface area contributed by atoms with E-state index in [4.69, 9.17) is 9.84 Å². The Balaban J connectivity index is 1.28. The number of carboxylic acids is 1. The van der Waals surface area contributed by atoms with Crippen LogP contribution in [-0.2, 0) is 4.79 Å². The first kappa shape index (κ1) is 23.2. The quantitative estimate of drug-likeness (QED) is 0.429. The monoisotopic (exact) mass is 460 g/mol. The first-order valence-electron chi connectivity index (χ1n) is 11.4. The summed E-state index contributed by atoms with van der Waals surface area (Å²) >= 11 is 0. The summed E-state index contributed by atoms with van der Waals surface area (Å²) in [5, 5.41) is 14.6. The van der Waals surface area contributed by atoms with Gasteiger partial charge in [-0.2, -0.15) is 0 Å². The van der Waals surface area contributed by atoms with Gasteiger partial charge in [-0.3, -0.25) is 4.79 Å². The number of ether oxygens (including phenoxy) is 1. The fraction of sp³-hybridized carbons (Fsp3) is 0.308. The zero-order chi connectivity index (χ0) is 23.9. The molecular weight excluding hydrogens is 432 g/mol. The van der Waals surface area contributed by atoms with Crippen LogP contribution in [0.2, 0.25) is 0 Å². The molecule has 0 bridgehead atoms. The molecule has 0 atom stereocenters. The Bertz CT molecular complexity index is 1110. The molecule has 1 heterocycles. The molecule has 0 saturated heterocycles. The number of carbonyl (C=O) groups is 2. The van der Waals surface area contributed by atoms with Gasteiger partial charge in [0.05, 0.1) is 0 Å². The second-order valence-corrected chi connectivity index (χ2v) is 8.64. The highest BCUT2D eigenvalue weighted by atomic mass is 16.5. The third kappa shape index (κ3) is 6.54. The van der Waals surface area contributed by atoms with Crippen molar-refractivity contribution in [1.82, 2.24) is 9.97 Å². The minimum absolute atomic E-state index is 0.0207. The van der Waals surface area contributed by atoms with Crippen molar-refractivity contribution >= 4 is 23.4 Å². The molecule has 1 saturated carbocycles. The van der Waals surface area contributed by atoms with E-state index in [9.17, 15) is 9.59 Å². The van der Waals surface area contributed by atoms with Crippen LogP contribution in [0.4, 0.5) is 16.2 Å². The molecule has 8 heteroatoms. The van der Waals surface area contributed by atoms with Gasteiger partial charge in [0.25, 0.3) is 0 Å². The highest BCUT2D eigenvalue weighted by molar-refractivity contribution is 5.99. The van der Waals surface area contributed by atoms with Gasteiger partial charge in [-0.25, -0.2) is 14.8 Å². The lowest BCUT2D eigenvalue weighted by molar-refractivity contribution is -0.138. The fourth-order valence-electron chi connectivity index (χ4n) is 4.05. The minimum atomic E-state index is -0.738. The van der Waals surface area contributed by atoms with E-state index in [0.29, 0.717) is 11.7 Å². The fourth-order valence-corrected chi connectivity index (χ4v) is 4.05. The molecule has 0 aliphatic heterocycles. The van der Waals surface area contributed by atoms with Crippen molar-refractivity contribution in [3.05, 3.63) is 66.5 Å². The van der Waals surface area contributed by atoms with Gasteiger partial charge in [-0.05, 0) is 68.4 Å². The summed E-state index contributed by atoms with van der Waals surface area (Å²) in [4.78, 5) is 31.7. The molecule has 3 aromatic rings. The topological polar surface area (TPSA) is 113 Å². The summed E-state index contributed by atoms with van der Waals surface area (Å²) in [6.45, 7) is 1.99. The second-order valence-electron chi connectivity index (χ2n) is 8.64. The Kier molecular flexibility index (Phi) is 7.37. The maximum absolute atomic E-state index is 12.2. The van der Waals surface area contributed by atoms with Crippen LogP contribution in [-0.4, -0.2) is 33.2 Å². The first-order valence-corrected chi connectivity index (χ1v) is 11.4. The number of aromatic nitrogens is 2. The van der Waals surface area contributed by atoms with Crippen LogP contribution in [0.25, 0.3) is 11.1 Å². The molecule has 2 amide bonds. The molecule has 176 valence electrons. The molecule has 0 spiro atoms. The number of aliphatic carboxylic acids is 1. The maximum Gasteiger partial charge on any atom is 0.323 e. The number of carbonyl (C=O) groups excluding carboxylic acids is 1. The van der Waals surface area contributed by atoms with E-state index in [-0.39, 0.29) is 24.5 Å². The Labute approximate surface area is 198 Å². The first-order chi connectivity index (χ1) is 16.4. The van der Waals surface area contributed by atoms with E-state index < -0.39 is 5.97 Å². The molecule has 1 aliphatic rings. The standard InChI is InChI=1S/C26H28N4O4/c1-17-2-8-21(9-3-17)29-25(33)30-22-10-6-19(7-11-22)20-15-27-26(28-16-20)34-23-12-4-18(5-13-23)14-24(31)32/h2-3,6-11,15-16,18,23H,4-5,12-14H2,1H3,(H,31,32)(H2,29,30,33). The zero-order valence-corrected chi connectivity index (χ0v) is 19.0. The summed E-state index contributed by atoms with van der Waals surface area (Å²) < 4.78 is 5.89. The van der Waals surface area contributed by atoms with Gasteiger partial charge in [0.1, 0.15) is 6.10 Å². The van der Waals surface area contributed by atoms with Crippen molar-refractivity contribution in [3.8, 4) is 17.1 Å². The van der Waals surface area contributed by atoms with Gasteiger partial charge in [-0.1, -0.05) is 29.8 Å². The summed E-state index contributed by atoms with van der Waals surface area (Å²) in [5.74, 6) is -0.510. The van der Waals surface area contributed by atoms with Gasteiger partial charge < -0.3 is 20.5 Å². The van der Waals surface area contributed by atoms with Crippen molar-refractivity contribution in [3.63, 3.8) is 0 Å². The van der Waals surface area contributed by atoms with Gasteiger partial charge in [0.15, 0.2) is 0 Å². The smallest absolute Gasteiger partial charge is 0.323 e. The molecular formula is C26H28N4O4. The zero-order valence-electron chi connectivity index (χ0n) is 19.0. The number of urea groups is 1. The highest BCUT2D eigenvalue weighted by Gasteiger charge is 2.24. The number of hydrogen-bond acceptors (Lipinski definition) is 5. The molecule has 34 heavy (non-hydrogen) atoms. The Morgan fingerprint density at radius 3 is 2.00 bits per heavy atom. The van der Waals surface area contributed by atoms with E-state index in [1.807, 2.05) is 55.5 Å². The number of benzene rings is 2. The molecule has 0 unspecified atom stereocenters. The van der Waals surface area contributed by atoms with Crippen molar-refractivity contribution in [2.24, 2.45) is 5.92 Å². The van der Waals surface area contributed by atoms with Crippen molar-refractivity contribution in [2.45, 2.75) is 45.1 Å². The number of rotatable bonds is 7. The van der Waals surface area contributed by atoms with Crippen LogP contribution in [0.3, 0.4) is 0 Å². The number of aryl methyl sites for hydroxylation is 1. The van der Waals surface area contributed by atoms with Gasteiger partial charge in [0, 0.05) is 35.8 Å². The lowest BCUT2D eigenvalue weighted by Crippen LogP contribution is -2.25. The molecule has 2 aromatic carbocycles. The molecule has 3 N–H and O–H groups in total. The van der Waals surface area contributed by atoms with E-state index in [0.717, 1.165) is 48.1 Å². The molecule has 1 fully saturated rings. The molecule has 4 rings (SSSR count). The summed E-state index contributed by atoms with van der Waals surface area (Å²) in [6.07, 6.45) is 6.99. The van der Waals surface area contributed by atoms with Crippen molar-refractivity contribution < 1.29 is 19.4 Å². The average Bonchev–Trinajstić information content (AvgIpc) is 2.83. The lowest BCUT2D eigenvalue weighted by Gasteiger charge is -2.27. The van der Waals surface area contributed by atoms with Crippen LogP contribution in [0.15, 0.2) is 60.9 Å².